The van der Waals surface area contributed by atoms with Crippen molar-refractivity contribution < 1.29 is 114 Å². The van der Waals surface area contributed by atoms with Gasteiger partial charge in [-0.15, -0.1) is 0 Å². The normalized spacial score (nSPS) is 50.9. The molecule has 29 unspecified atom stereocenters. The van der Waals surface area contributed by atoms with Crippen molar-refractivity contribution >= 4 is 5.97 Å². The predicted octanol–water partition coefficient (Wildman–Crippen LogP) is -0.993. The minimum absolute atomic E-state index is 0.0339. The minimum Gasteiger partial charge on any atom is -0.463 e. The monoisotopic (exact) mass is 1120 g/mol. The van der Waals surface area contributed by atoms with E-state index >= 15 is 0 Å². The van der Waals surface area contributed by atoms with E-state index in [9.17, 15) is 71.2 Å². The van der Waals surface area contributed by atoms with Crippen LogP contribution in [0.2, 0.25) is 0 Å². The van der Waals surface area contributed by atoms with E-state index in [1.54, 1.807) is 0 Å². The number of fused-ring (bicyclic) bond motifs is 5. The Balaban J connectivity index is 1.01. The molecule has 23 nitrogen and oxygen atoms in total. The van der Waals surface area contributed by atoms with Gasteiger partial charge in [-0.1, -0.05) is 46.3 Å². The smallest absolute Gasteiger partial charge is 0.302 e. The van der Waals surface area contributed by atoms with Gasteiger partial charge in [0.2, 0.25) is 0 Å². The van der Waals surface area contributed by atoms with Crippen molar-refractivity contribution in [2.75, 3.05) is 26.4 Å². The first-order valence-electron chi connectivity index (χ1n) is 28.2. The third-order valence-corrected chi connectivity index (χ3v) is 20.8. The van der Waals surface area contributed by atoms with Crippen molar-refractivity contribution in [1.29, 1.82) is 0 Å². The summed E-state index contributed by atoms with van der Waals surface area (Å²) in [5.41, 5.74) is -1.55. The molecular weight excluding hydrogens is 1030 g/mol. The summed E-state index contributed by atoms with van der Waals surface area (Å²) in [6.45, 7) is 16.2. The lowest BCUT2D eigenvalue weighted by molar-refractivity contribution is -0.378. The van der Waals surface area contributed by atoms with Crippen LogP contribution < -0.4 is 0 Å². The number of aliphatic hydroxyl groups excluding tert-OH is 13. The Morgan fingerprint density at radius 1 is 0.590 bits per heavy atom. The zero-order chi connectivity index (χ0) is 57.4. The van der Waals surface area contributed by atoms with Crippen LogP contribution in [0.1, 0.15) is 120 Å². The number of carbonyl (C=O) groups is 1. The predicted molar refractivity (Wildman–Crippen MR) is 270 cm³/mol. The second-order valence-electron chi connectivity index (χ2n) is 25.9. The molecule has 0 radical (unpaired) electrons. The molecular formula is C55H92O23. The van der Waals surface area contributed by atoms with E-state index in [1.165, 1.54) is 0 Å². The van der Waals surface area contributed by atoms with Gasteiger partial charge in [-0.3, -0.25) is 4.79 Å². The zero-order valence-corrected chi connectivity index (χ0v) is 46.6. The van der Waals surface area contributed by atoms with E-state index in [-0.39, 0.29) is 34.5 Å². The van der Waals surface area contributed by atoms with Crippen LogP contribution >= 0.6 is 0 Å². The van der Waals surface area contributed by atoms with Crippen molar-refractivity contribution in [3.8, 4) is 0 Å². The van der Waals surface area contributed by atoms with Crippen LogP contribution in [0, 0.1) is 45.3 Å². The van der Waals surface area contributed by atoms with Gasteiger partial charge < -0.3 is 109 Å². The van der Waals surface area contributed by atoms with Gasteiger partial charge in [0.05, 0.1) is 37.6 Å². The molecule has 4 saturated heterocycles. The highest BCUT2D eigenvalue weighted by molar-refractivity contribution is 5.65. The number of esters is 1. The summed E-state index contributed by atoms with van der Waals surface area (Å²) in [6, 6.07) is 0. The number of aliphatic hydroxyl groups is 13. The van der Waals surface area contributed by atoms with Gasteiger partial charge in [-0.2, -0.15) is 0 Å². The number of rotatable bonds is 17. The SMILES string of the molecule is CC(=O)OCC1OC(OC2C(OC3CCC4(C)C(CCC5(C)C4CC(O)C4C(C(C)(CCC=C(C)C)OC6OC(COC7OC(CO)C(O)C7O)C(O)C(O)C6O)CCC45C)C3(C)C)OC(CO)C(O)C2O)C(O)C(O)C1O. The Hall–Kier alpha value is -1.63. The van der Waals surface area contributed by atoms with E-state index < -0.39 is 178 Å². The Morgan fingerprint density at radius 3 is 1.74 bits per heavy atom. The summed E-state index contributed by atoms with van der Waals surface area (Å²) in [5.74, 6) is -1.12. The molecule has 0 spiro atoms. The molecule has 8 fully saturated rings. The highest BCUT2D eigenvalue weighted by Crippen LogP contribution is 2.76. The fraction of sp³-hybridized carbons (Fsp3) is 0.945. The number of carbonyl (C=O) groups excluding carboxylic acids is 1. The van der Waals surface area contributed by atoms with Crippen molar-refractivity contribution in [3.05, 3.63) is 11.6 Å². The first-order valence-corrected chi connectivity index (χ1v) is 28.2. The van der Waals surface area contributed by atoms with Crippen LogP contribution in [0.15, 0.2) is 11.6 Å². The lowest BCUT2D eigenvalue weighted by Crippen LogP contribution is -2.68. The third-order valence-electron chi connectivity index (χ3n) is 20.8. The second kappa shape index (κ2) is 23.8. The van der Waals surface area contributed by atoms with Gasteiger partial charge in [0.25, 0.3) is 0 Å². The molecule has 23 heteroatoms. The first kappa shape index (κ1) is 62.4. The van der Waals surface area contributed by atoms with Crippen LogP contribution in [-0.4, -0.2) is 233 Å². The van der Waals surface area contributed by atoms with Crippen molar-refractivity contribution in [2.45, 2.75) is 255 Å². The topological polar surface area (TPSA) is 363 Å². The Morgan fingerprint density at radius 2 is 1.13 bits per heavy atom. The molecule has 4 saturated carbocycles. The lowest BCUT2D eigenvalue weighted by Gasteiger charge is -2.71. The van der Waals surface area contributed by atoms with Crippen LogP contribution in [0.4, 0.5) is 0 Å². The maximum absolute atomic E-state index is 12.9. The number of hydrogen-bond donors (Lipinski definition) is 13. The van der Waals surface area contributed by atoms with E-state index in [1.807, 2.05) is 20.8 Å². The van der Waals surface area contributed by atoms with Crippen LogP contribution in [-0.2, 0) is 47.4 Å². The summed E-state index contributed by atoms with van der Waals surface area (Å²) in [5, 5.41) is 142. The second-order valence-corrected chi connectivity index (χ2v) is 25.9. The number of ether oxygens (including phenoxy) is 9. The highest BCUT2D eigenvalue weighted by Gasteiger charge is 2.72. The molecule has 0 aromatic carbocycles. The van der Waals surface area contributed by atoms with Gasteiger partial charge in [0.15, 0.2) is 25.2 Å². The molecule has 4 heterocycles. The minimum atomic E-state index is -1.85. The summed E-state index contributed by atoms with van der Waals surface area (Å²) in [6.07, 6.45) is -22.6. The highest BCUT2D eigenvalue weighted by atomic mass is 16.8. The lowest BCUT2D eigenvalue weighted by atomic mass is 9.35. The molecule has 450 valence electrons. The van der Waals surface area contributed by atoms with Crippen LogP contribution in [0.25, 0.3) is 0 Å². The van der Waals surface area contributed by atoms with Gasteiger partial charge in [-0.25, -0.2) is 0 Å². The molecule has 8 aliphatic rings. The van der Waals surface area contributed by atoms with Gasteiger partial charge in [0, 0.05) is 6.92 Å². The average molecular weight is 1120 g/mol. The number of hydrogen-bond acceptors (Lipinski definition) is 23. The van der Waals surface area contributed by atoms with Gasteiger partial charge in [0.1, 0.15) is 98.2 Å². The third kappa shape index (κ3) is 11.2. The van der Waals surface area contributed by atoms with Gasteiger partial charge in [-0.05, 0) is 124 Å². The standard InChI is InChI=1S/C55H92O23/c1-24(2)11-10-15-55(9,78-49-45(69)41(65)39(63)31(75-49)23-71-47-43(67)37(61)29(21-57)72-47)26-12-17-54(8)35(26)27(59)19-33-52(6)16-14-34(51(4,5)32(52)13-18-53(33,54)7)76-50-46(42(66)36(60)28(20-56)73-50)77-48-44(68)40(64)38(62)30(74-48)22-70-25(3)58/h11,26-50,56-57,59-69H,10,12-23H2,1-9H3. The largest absolute Gasteiger partial charge is 0.463 e. The zero-order valence-electron chi connectivity index (χ0n) is 46.6. The fourth-order valence-corrected chi connectivity index (χ4v) is 16.2. The first-order chi connectivity index (χ1) is 36.5. The van der Waals surface area contributed by atoms with E-state index in [4.69, 9.17) is 42.6 Å². The summed E-state index contributed by atoms with van der Waals surface area (Å²) in [4.78, 5) is 11.6. The van der Waals surface area contributed by atoms with E-state index in [0.29, 0.717) is 38.5 Å². The maximum atomic E-state index is 12.9. The molecule has 13 N–H and O–H groups in total. The molecule has 29 atom stereocenters. The summed E-state index contributed by atoms with van der Waals surface area (Å²) < 4.78 is 54.2. The molecule has 0 aromatic heterocycles. The Labute approximate surface area is 456 Å². The average Bonchev–Trinajstić information content (AvgIpc) is 3.97. The molecule has 4 aliphatic heterocycles. The fourth-order valence-electron chi connectivity index (χ4n) is 16.2. The van der Waals surface area contributed by atoms with Crippen LogP contribution in [0.5, 0.6) is 0 Å². The summed E-state index contributed by atoms with van der Waals surface area (Å²) >= 11 is 0. The van der Waals surface area contributed by atoms with E-state index in [0.717, 1.165) is 31.8 Å². The van der Waals surface area contributed by atoms with Crippen molar-refractivity contribution in [3.63, 3.8) is 0 Å². The molecule has 0 amide bonds. The number of allylic oxidation sites excluding steroid dienone is 2. The van der Waals surface area contributed by atoms with Crippen molar-refractivity contribution in [1.82, 2.24) is 0 Å². The van der Waals surface area contributed by atoms with Crippen molar-refractivity contribution in [2.24, 2.45) is 45.3 Å². The van der Waals surface area contributed by atoms with Gasteiger partial charge >= 0.3 is 5.97 Å². The molecule has 0 aromatic rings. The maximum Gasteiger partial charge on any atom is 0.302 e. The molecule has 8 rings (SSSR count). The Kier molecular flexibility index (Phi) is 19.0. The molecule has 4 aliphatic carbocycles. The molecule has 0 bridgehead atoms. The van der Waals surface area contributed by atoms with E-state index in [2.05, 4.69) is 40.7 Å². The molecule has 78 heavy (non-hydrogen) atoms. The Bertz CT molecular complexity index is 2060. The summed E-state index contributed by atoms with van der Waals surface area (Å²) in [7, 11) is 0. The quantitative estimate of drug-likeness (QED) is 0.0472. The van der Waals surface area contributed by atoms with Crippen LogP contribution in [0.3, 0.4) is 0 Å².